The summed E-state index contributed by atoms with van der Waals surface area (Å²) in [5, 5.41) is 0. The molecule has 6 nitrogen and oxygen atoms in total. The molecule has 2 aromatic heterocycles. The lowest BCUT2D eigenvalue weighted by Crippen LogP contribution is -2.40. The molecule has 3 aromatic rings. The summed E-state index contributed by atoms with van der Waals surface area (Å²) >= 11 is 0. The molecule has 3 heterocycles. The maximum Gasteiger partial charge on any atom is 0.264 e. The van der Waals surface area contributed by atoms with Crippen LogP contribution in [0.2, 0.25) is 0 Å². The van der Waals surface area contributed by atoms with Crippen LogP contribution in [0.4, 0.5) is 0 Å². The minimum atomic E-state index is -0.244. The van der Waals surface area contributed by atoms with Gasteiger partial charge in [-0.05, 0) is 31.0 Å². The van der Waals surface area contributed by atoms with Gasteiger partial charge in [-0.2, -0.15) is 0 Å². The summed E-state index contributed by atoms with van der Waals surface area (Å²) in [6.45, 7) is 4.81. The monoisotopic (exact) mass is 362 g/mol. The normalized spacial score (nSPS) is 14.7. The number of nitrogens with one attached hydrogen (secondary N) is 1. The number of carbonyl (C=O) groups excluding carboxylic acids is 1. The number of aromatic nitrogens is 3. The largest absolute Gasteiger partial charge is 0.347 e. The van der Waals surface area contributed by atoms with Crippen molar-refractivity contribution in [2.75, 3.05) is 6.54 Å². The topological polar surface area (TPSA) is 71.0 Å². The molecule has 1 aliphatic heterocycles. The van der Waals surface area contributed by atoms with Gasteiger partial charge in [-0.15, -0.1) is 0 Å². The van der Waals surface area contributed by atoms with E-state index < -0.39 is 0 Å². The first-order valence-electron chi connectivity index (χ1n) is 9.13. The fraction of sp³-hybridized carbons (Fsp3) is 0.286. The summed E-state index contributed by atoms with van der Waals surface area (Å²) in [6, 6.07) is 11.5. The van der Waals surface area contributed by atoms with Crippen LogP contribution < -0.4 is 5.56 Å². The van der Waals surface area contributed by atoms with Gasteiger partial charge in [0.25, 0.3) is 11.5 Å². The van der Waals surface area contributed by atoms with E-state index >= 15 is 0 Å². The molecule has 138 valence electrons. The maximum absolute atomic E-state index is 13.2. The highest BCUT2D eigenvalue weighted by molar-refractivity contribution is 5.95. The fourth-order valence-corrected chi connectivity index (χ4v) is 3.64. The number of nitrogens with zero attached hydrogens (tertiary/aromatic N) is 3. The minimum absolute atomic E-state index is 0.147. The van der Waals surface area contributed by atoms with Gasteiger partial charge in [-0.3, -0.25) is 9.59 Å². The average molecular weight is 362 g/mol. The standard InChI is InChI=1S/C21H22N4O2/c1-14-8-11-25(15(2)16-6-4-3-5-7-16)21(27)19(14)20(26)24-10-9-17-18(12-24)23-13-22-17/h3-8,11,13,15H,9-10,12H2,1-2H3,(H,22,23). The van der Waals surface area contributed by atoms with Crippen molar-refractivity contribution in [3.05, 3.63) is 87.4 Å². The van der Waals surface area contributed by atoms with Crippen LogP contribution in [-0.2, 0) is 13.0 Å². The molecule has 6 heteroatoms. The van der Waals surface area contributed by atoms with Gasteiger partial charge < -0.3 is 14.5 Å². The van der Waals surface area contributed by atoms with Gasteiger partial charge in [0, 0.05) is 19.2 Å². The van der Waals surface area contributed by atoms with E-state index in [1.54, 1.807) is 22.0 Å². The Morgan fingerprint density at radius 2 is 2.00 bits per heavy atom. The lowest BCUT2D eigenvalue weighted by Gasteiger charge is -2.27. The predicted molar refractivity (Wildman–Crippen MR) is 103 cm³/mol. The van der Waals surface area contributed by atoms with E-state index in [0.717, 1.165) is 17.0 Å². The SMILES string of the molecule is Cc1ccn(C(C)c2ccccc2)c(=O)c1C(=O)N1CCc2nc[nH]c2C1. The van der Waals surface area contributed by atoms with Crippen LogP contribution in [0.15, 0.2) is 53.7 Å². The van der Waals surface area contributed by atoms with Crippen LogP contribution in [-0.4, -0.2) is 31.9 Å². The first kappa shape index (κ1) is 17.3. The summed E-state index contributed by atoms with van der Waals surface area (Å²) < 4.78 is 1.64. The average Bonchev–Trinajstić information content (AvgIpc) is 3.16. The Morgan fingerprint density at radius 3 is 2.78 bits per heavy atom. The Kier molecular flexibility index (Phi) is 4.39. The van der Waals surface area contributed by atoms with E-state index in [2.05, 4.69) is 9.97 Å². The third kappa shape index (κ3) is 3.07. The Labute approximate surface area is 157 Å². The molecule has 27 heavy (non-hydrogen) atoms. The van der Waals surface area contributed by atoms with Crippen molar-refractivity contribution >= 4 is 5.91 Å². The Balaban J connectivity index is 1.69. The van der Waals surface area contributed by atoms with Crippen molar-refractivity contribution in [2.24, 2.45) is 0 Å². The van der Waals surface area contributed by atoms with E-state index in [-0.39, 0.29) is 23.1 Å². The van der Waals surface area contributed by atoms with Crippen LogP contribution >= 0.6 is 0 Å². The summed E-state index contributed by atoms with van der Waals surface area (Å²) in [6.07, 6.45) is 4.13. The molecule has 1 N–H and O–H groups in total. The molecule has 1 unspecified atom stereocenters. The lowest BCUT2D eigenvalue weighted by atomic mass is 10.0. The molecule has 1 aromatic carbocycles. The zero-order chi connectivity index (χ0) is 19.0. The number of amides is 1. The number of hydrogen-bond acceptors (Lipinski definition) is 3. The third-order valence-electron chi connectivity index (χ3n) is 5.30. The number of aryl methyl sites for hydroxylation is 1. The van der Waals surface area contributed by atoms with Crippen molar-refractivity contribution in [3.63, 3.8) is 0 Å². The number of carbonyl (C=O) groups is 1. The molecular weight excluding hydrogens is 340 g/mol. The van der Waals surface area contributed by atoms with Gasteiger partial charge in [-0.1, -0.05) is 30.3 Å². The second-order valence-corrected chi connectivity index (χ2v) is 6.98. The Hall–Kier alpha value is -3.15. The van der Waals surface area contributed by atoms with Crippen molar-refractivity contribution in [1.82, 2.24) is 19.4 Å². The number of H-pyrrole nitrogens is 1. The molecule has 0 radical (unpaired) electrons. The molecule has 0 saturated heterocycles. The van der Waals surface area contributed by atoms with Gasteiger partial charge in [-0.25, -0.2) is 4.98 Å². The van der Waals surface area contributed by atoms with Gasteiger partial charge in [0.15, 0.2) is 0 Å². The number of rotatable bonds is 3. The smallest absolute Gasteiger partial charge is 0.264 e. The molecule has 1 amide bonds. The number of benzene rings is 1. The second kappa shape index (κ2) is 6.87. The zero-order valence-corrected chi connectivity index (χ0v) is 15.5. The van der Waals surface area contributed by atoms with E-state index in [4.69, 9.17) is 0 Å². The molecule has 4 rings (SSSR count). The second-order valence-electron chi connectivity index (χ2n) is 6.98. The molecule has 0 fully saturated rings. The zero-order valence-electron chi connectivity index (χ0n) is 15.5. The lowest BCUT2D eigenvalue weighted by molar-refractivity contribution is 0.0728. The number of aromatic amines is 1. The van der Waals surface area contributed by atoms with E-state index in [9.17, 15) is 9.59 Å². The van der Waals surface area contributed by atoms with E-state index in [1.807, 2.05) is 50.2 Å². The highest BCUT2D eigenvalue weighted by Gasteiger charge is 2.27. The maximum atomic E-state index is 13.2. The van der Waals surface area contributed by atoms with Crippen LogP contribution in [0.25, 0.3) is 0 Å². The Bertz CT molecular complexity index is 1040. The van der Waals surface area contributed by atoms with Crippen molar-refractivity contribution in [3.8, 4) is 0 Å². The number of imidazole rings is 1. The highest BCUT2D eigenvalue weighted by Crippen LogP contribution is 2.20. The van der Waals surface area contributed by atoms with Gasteiger partial charge in [0.2, 0.25) is 0 Å². The molecule has 0 aliphatic carbocycles. The van der Waals surface area contributed by atoms with Crippen molar-refractivity contribution in [2.45, 2.75) is 32.9 Å². The summed E-state index contributed by atoms with van der Waals surface area (Å²) in [5.74, 6) is -0.215. The summed E-state index contributed by atoms with van der Waals surface area (Å²) in [4.78, 5) is 35.4. The number of pyridine rings is 1. The molecular formula is C21H22N4O2. The quantitative estimate of drug-likeness (QED) is 0.779. The number of hydrogen-bond donors (Lipinski definition) is 1. The molecule has 1 atom stereocenters. The van der Waals surface area contributed by atoms with E-state index in [0.29, 0.717) is 25.1 Å². The van der Waals surface area contributed by atoms with Crippen LogP contribution in [0.1, 0.15) is 45.8 Å². The minimum Gasteiger partial charge on any atom is -0.347 e. The summed E-state index contributed by atoms with van der Waals surface area (Å²) in [7, 11) is 0. The number of fused-ring (bicyclic) bond motifs is 1. The molecule has 0 bridgehead atoms. The predicted octanol–water partition coefficient (Wildman–Crippen LogP) is 2.69. The van der Waals surface area contributed by atoms with E-state index in [1.165, 1.54) is 0 Å². The summed E-state index contributed by atoms with van der Waals surface area (Å²) in [5.41, 5.74) is 3.69. The molecule has 0 saturated carbocycles. The van der Waals surface area contributed by atoms with Crippen molar-refractivity contribution in [1.29, 1.82) is 0 Å². The third-order valence-corrected chi connectivity index (χ3v) is 5.30. The van der Waals surface area contributed by atoms with Gasteiger partial charge in [0.1, 0.15) is 5.56 Å². The van der Waals surface area contributed by atoms with Gasteiger partial charge >= 0.3 is 0 Å². The Morgan fingerprint density at radius 1 is 1.22 bits per heavy atom. The highest BCUT2D eigenvalue weighted by atomic mass is 16.2. The molecule has 0 spiro atoms. The first-order valence-corrected chi connectivity index (χ1v) is 9.13. The first-order chi connectivity index (χ1) is 13.1. The van der Waals surface area contributed by atoms with Crippen LogP contribution in [0.3, 0.4) is 0 Å². The van der Waals surface area contributed by atoms with Crippen LogP contribution in [0, 0.1) is 6.92 Å². The van der Waals surface area contributed by atoms with Crippen molar-refractivity contribution < 1.29 is 4.79 Å². The fourth-order valence-electron chi connectivity index (χ4n) is 3.64. The van der Waals surface area contributed by atoms with Crippen LogP contribution in [0.5, 0.6) is 0 Å². The molecule has 1 aliphatic rings. The van der Waals surface area contributed by atoms with Gasteiger partial charge in [0.05, 0.1) is 30.3 Å².